The van der Waals surface area contributed by atoms with E-state index >= 15 is 0 Å². The van der Waals surface area contributed by atoms with E-state index < -0.39 is 11.6 Å². The first-order valence-corrected chi connectivity index (χ1v) is 9.28. The molecule has 0 saturated carbocycles. The second-order valence-corrected chi connectivity index (χ2v) is 7.27. The maximum Gasteiger partial charge on any atom is 0.410 e. The summed E-state index contributed by atoms with van der Waals surface area (Å²) in [5, 5.41) is 3.00. The van der Waals surface area contributed by atoms with Gasteiger partial charge >= 0.3 is 6.09 Å². The molecule has 3 rings (SSSR count). The van der Waals surface area contributed by atoms with Crippen molar-refractivity contribution in [2.45, 2.75) is 45.8 Å². The minimum Gasteiger partial charge on any atom is -0.445 e. The zero-order chi connectivity index (χ0) is 19.4. The molecule has 1 aliphatic heterocycles. The predicted octanol–water partition coefficient (Wildman–Crippen LogP) is 4.43. The molecule has 1 saturated heterocycles. The van der Waals surface area contributed by atoms with Gasteiger partial charge in [0.15, 0.2) is 0 Å². The van der Waals surface area contributed by atoms with Crippen molar-refractivity contribution >= 4 is 17.7 Å². The van der Waals surface area contributed by atoms with Gasteiger partial charge in [-0.15, -0.1) is 0 Å². The van der Waals surface area contributed by atoms with Crippen LogP contribution in [-0.4, -0.2) is 29.0 Å². The van der Waals surface area contributed by atoms with Crippen molar-refractivity contribution in [3.05, 3.63) is 65.2 Å². The van der Waals surface area contributed by atoms with Crippen LogP contribution in [-0.2, 0) is 16.1 Å². The fourth-order valence-corrected chi connectivity index (χ4v) is 3.43. The van der Waals surface area contributed by atoms with Gasteiger partial charge in [0.25, 0.3) is 0 Å². The van der Waals surface area contributed by atoms with Crippen LogP contribution < -0.4 is 5.32 Å². The third-order valence-electron chi connectivity index (χ3n) is 5.41. The fourth-order valence-electron chi connectivity index (χ4n) is 3.43. The molecule has 0 bridgehead atoms. The third-order valence-corrected chi connectivity index (χ3v) is 5.41. The van der Waals surface area contributed by atoms with Gasteiger partial charge < -0.3 is 10.1 Å². The molecule has 1 unspecified atom stereocenters. The fraction of sp³-hybridized carbons (Fsp3) is 0.364. The van der Waals surface area contributed by atoms with E-state index in [9.17, 15) is 9.59 Å². The van der Waals surface area contributed by atoms with Crippen LogP contribution in [0.3, 0.4) is 0 Å². The SMILES string of the molecule is Cc1cccc(NC(=O)C2(C)CCCN2C(=O)OCc2ccccc2)c1C. The molecule has 1 heterocycles. The smallest absolute Gasteiger partial charge is 0.410 e. The molecule has 0 aliphatic carbocycles. The Morgan fingerprint density at radius 1 is 1.11 bits per heavy atom. The van der Waals surface area contributed by atoms with E-state index in [-0.39, 0.29) is 12.5 Å². The molecular weight excluding hydrogens is 340 g/mol. The summed E-state index contributed by atoms with van der Waals surface area (Å²) in [6, 6.07) is 15.3. The molecule has 1 aliphatic rings. The van der Waals surface area contributed by atoms with Gasteiger partial charge in [0.1, 0.15) is 12.1 Å². The first-order valence-electron chi connectivity index (χ1n) is 9.28. The van der Waals surface area contributed by atoms with Crippen molar-refractivity contribution in [3.8, 4) is 0 Å². The highest BCUT2D eigenvalue weighted by Gasteiger charge is 2.46. The minimum absolute atomic E-state index is 0.176. The van der Waals surface area contributed by atoms with Gasteiger partial charge in [-0.05, 0) is 56.4 Å². The second-order valence-electron chi connectivity index (χ2n) is 7.27. The van der Waals surface area contributed by atoms with Crippen molar-refractivity contribution in [1.29, 1.82) is 0 Å². The van der Waals surface area contributed by atoms with Crippen LogP contribution in [0.1, 0.15) is 36.5 Å². The lowest BCUT2D eigenvalue weighted by Gasteiger charge is -2.33. The predicted molar refractivity (Wildman–Crippen MR) is 106 cm³/mol. The molecule has 2 aromatic carbocycles. The zero-order valence-corrected chi connectivity index (χ0v) is 16.1. The molecule has 0 spiro atoms. The molecule has 5 nitrogen and oxygen atoms in total. The van der Waals surface area contributed by atoms with Crippen LogP contribution in [0.25, 0.3) is 0 Å². The van der Waals surface area contributed by atoms with Gasteiger partial charge in [-0.25, -0.2) is 4.79 Å². The van der Waals surface area contributed by atoms with Crippen molar-refractivity contribution in [3.63, 3.8) is 0 Å². The minimum atomic E-state index is -0.913. The van der Waals surface area contributed by atoms with E-state index in [1.165, 1.54) is 0 Å². The van der Waals surface area contributed by atoms with Crippen molar-refractivity contribution in [1.82, 2.24) is 4.90 Å². The Kier molecular flexibility index (Phi) is 5.49. The number of nitrogens with one attached hydrogen (secondary N) is 1. The molecule has 5 heteroatoms. The van der Waals surface area contributed by atoms with Crippen molar-refractivity contribution in [2.24, 2.45) is 0 Å². The standard InChI is InChI=1S/C22H26N2O3/c1-16-9-7-12-19(17(16)2)23-20(25)22(3)13-8-14-24(22)21(26)27-15-18-10-5-4-6-11-18/h4-7,9-12H,8,13-15H2,1-3H3,(H,23,25). The van der Waals surface area contributed by atoms with Gasteiger partial charge in [0, 0.05) is 12.2 Å². The lowest BCUT2D eigenvalue weighted by molar-refractivity contribution is -0.125. The number of hydrogen-bond donors (Lipinski definition) is 1. The van der Waals surface area contributed by atoms with Gasteiger partial charge in [0.2, 0.25) is 5.91 Å². The Morgan fingerprint density at radius 3 is 2.59 bits per heavy atom. The van der Waals surface area contributed by atoms with Gasteiger partial charge in [-0.3, -0.25) is 9.69 Å². The number of ether oxygens (including phenoxy) is 1. The molecule has 0 aromatic heterocycles. The Balaban J connectivity index is 1.70. The molecule has 27 heavy (non-hydrogen) atoms. The molecule has 1 N–H and O–H groups in total. The number of hydrogen-bond acceptors (Lipinski definition) is 3. The number of carbonyl (C=O) groups excluding carboxylic acids is 2. The average Bonchev–Trinajstić information content (AvgIpc) is 3.07. The lowest BCUT2D eigenvalue weighted by atomic mass is 9.97. The van der Waals surface area contributed by atoms with Crippen LogP contribution in [0.5, 0.6) is 0 Å². The topological polar surface area (TPSA) is 58.6 Å². The van der Waals surface area contributed by atoms with E-state index in [4.69, 9.17) is 4.74 Å². The monoisotopic (exact) mass is 366 g/mol. The number of nitrogens with zero attached hydrogens (tertiary/aromatic N) is 1. The van der Waals surface area contributed by atoms with Gasteiger partial charge in [-0.2, -0.15) is 0 Å². The van der Waals surface area contributed by atoms with Gasteiger partial charge in [-0.1, -0.05) is 42.5 Å². The van der Waals surface area contributed by atoms with E-state index in [2.05, 4.69) is 5.32 Å². The molecule has 2 aromatic rings. The van der Waals surface area contributed by atoms with Gasteiger partial charge in [0.05, 0.1) is 0 Å². The van der Waals surface area contributed by atoms with Crippen LogP contribution in [0.4, 0.5) is 10.5 Å². The Morgan fingerprint density at radius 2 is 1.85 bits per heavy atom. The van der Waals surface area contributed by atoms with Crippen LogP contribution in [0.2, 0.25) is 0 Å². The first kappa shape index (κ1) is 19.0. The Bertz CT molecular complexity index is 835. The summed E-state index contributed by atoms with van der Waals surface area (Å²) in [5.41, 5.74) is 2.94. The quantitative estimate of drug-likeness (QED) is 0.871. The summed E-state index contributed by atoms with van der Waals surface area (Å²) in [5.74, 6) is -0.176. The summed E-state index contributed by atoms with van der Waals surface area (Å²) in [4.78, 5) is 27.2. The number of likely N-dealkylation sites (tertiary alicyclic amines) is 1. The number of carbonyl (C=O) groups is 2. The Hall–Kier alpha value is -2.82. The summed E-state index contributed by atoms with van der Waals surface area (Å²) in [6.07, 6.45) is 0.941. The number of rotatable bonds is 4. The average molecular weight is 366 g/mol. The highest BCUT2D eigenvalue weighted by molar-refractivity contribution is 6.00. The largest absolute Gasteiger partial charge is 0.445 e. The van der Waals surface area contributed by atoms with Crippen LogP contribution in [0.15, 0.2) is 48.5 Å². The summed E-state index contributed by atoms with van der Waals surface area (Å²) < 4.78 is 5.46. The third kappa shape index (κ3) is 3.97. The number of amides is 2. The normalized spacial score (nSPS) is 19.0. The Labute approximate surface area is 160 Å². The van der Waals surface area contributed by atoms with Crippen LogP contribution in [0, 0.1) is 13.8 Å². The first-order chi connectivity index (χ1) is 12.9. The number of benzene rings is 2. The van der Waals surface area contributed by atoms with E-state index in [0.717, 1.165) is 28.8 Å². The summed E-state index contributed by atoms with van der Waals surface area (Å²) in [7, 11) is 0. The zero-order valence-electron chi connectivity index (χ0n) is 16.1. The summed E-state index contributed by atoms with van der Waals surface area (Å²) >= 11 is 0. The van der Waals surface area contributed by atoms with E-state index in [1.807, 2.05) is 69.3 Å². The number of aryl methyl sites for hydroxylation is 1. The maximum absolute atomic E-state index is 13.0. The maximum atomic E-state index is 13.0. The molecule has 2 amide bonds. The van der Waals surface area contributed by atoms with Crippen molar-refractivity contribution in [2.75, 3.05) is 11.9 Å². The van der Waals surface area contributed by atoms with Crippen LogP contribution >= 0.6 is 0 Å². The molecule has 0 radical (unpaired) electrons. The molecular formula is C22H26N2O3. The summed E-state index contributed by atoms with van der Waals surface area (Å²) in [6.45, 7) is 6.52. The molecule has 142 valence electrons. The molecule has 1 fully saturated rings. The highest BCUT2D eigenvalue weighted by Crippen LogP contribution is 2.32. The molecule has 1 atom stereocenters. The lowest BCUT2D eigenvalue weighted by Crippen LogP contribution is -2.53. The highest BCUT2D eigenvalue weighted by atomic mass is 16.6. The van der Waals surface area contributed by atoms with E-state index in [1.54, 1.807) is 4.90 Å². The number of anilines is 1. The van der Waals surface area contributed by atoms with Crippen molar-refractivity contribution < 1.29 is 14.3 Å². The second kappa shape index (κ2) is 7.82. The van der Waals surface area contributed by atoms with E-state index in [0.29, 0.717) is 13.0 Å².